The Morgan fingerprint density at radius 2 is 2.08 bits per heavy atom. The number of hydrogen-bond donors (Lipinski definition) is 1. The molecule has 120 valence electrons. The van der Waals surface area contributed by atoms with Gasteiger partial charge in [-0.15, -0.1) is 0 Å². The zero-order valence-corrected chi connectivity index (χ0v) is 13.0. The second kappa shape index (κ2) is 6.50. The lowest BCUT2D eigenvalue weighted by Gasteiger charge is -2.06. The molecule has 0 aliphatic carbocycles. The van der Waals surface area contributed by atoms with Gasteiger partial charge < -0.3 is 9.52 Å². The Hall–Kier alpha value is -3.21. The van der Waals surface area contributed by atoms with E-state index >= 15 is 0 Å². The summed E-state index contributed by atoms with van der Waals surface area (Å²) in [4.78, 5) is 27.9. The van der Waals surface area contributed by atoms with Crippen LogP contribution in [0.5, 0.6) is 0 Å². The predicted octanol–water partition coefficient (Wildman–Crippen LogP) is 3.62. The van der Waals surface area contributed by atoms with Gasteiger partial charge in [-0.1, -0.05) is 13.0 Å². The number of carboxylic acid groups (broad SMARTS) is 1. The maximum Gasteiger partial charge on any atom is 0.335 e. The Morgan fingerprint density at radius 1 is 1.25 bits per heavy atom. The minimum Gasteiger partial charge on any atom is -0.478 e. The molecule has 0 atom stereocenters. The van der Waals surface area contributed by atoms with Gasteiger partial charge in [0.25, 0.3) is 0 Å². The van der Waals surface area contributed by atoms with Crippen LogP contribution in [0.3, 0.4) is 0 Å². The van der Waals surface area contributed by atoms with Crippen LogP contribution in [0.2, 0.25) is 0 Å². The molecular weight excluding hydrogens is 306 g/mol. The average molecular weight is 321 g/mol. The second-order valence-corrected chi connectivity index (χ2v) is 5.23. The third-order valence-electron chi connectivity index (χ3n) is 3.71. The summed E-state index contributed by atoms with van der Waals surface area (Å²) >= 11 is 0. The van der Waals surface area contributed by atoms with Gasteiger partial charge in [0.2, 0.25) is 0 Å². The molecule has 0 amide bonds. The van der Waals surface area contributed by atoms with Crippen LogP contribution >= 0.6 is 0 Å². The summed E-state index contributed by atoms with van der Waals surface area (Å²) in [5.74, 6) is -0.614. The standard InChI is InChI=1S/C19H15NO4/c1-2-14-16(9-7-13-5-3-4-10-20-13)24-17-8-6-12(19(22)23)11-15(17)18(14)21/h3-11H,2H2,1H3,(H,22,23). The van der Waals surface area contributed by atoms with Crippen LogP contribution < -0.4 is 5.43 Å². The number of nitrogens with zero attached hydrogens (tertiary/aromatic N) is 1. The molecule has 0 unspecified atom stereocenters. The molecule has 0 fully saturated rings. The van der Waals surface area contributed by atoms with Crippen LogP contribution in [-0.4, -0.2) is 16.1 Å². The van der Waals surface area contributed by atoms with Gasteiger partial charge in [-0.2, -0.15) is 0 Å². The Labute approximate surface area is 137 Å². The van der Waals surface area contributed by atoms with E-state index < -0.39 is 5.97 Å². The fraction of sp³-hybridized carbons (Fsp3) is 0.105. The van der Waals surface area contributed by atoms with E-state index in [-0.39, 0.29) is 16.4 Å². The molecule has 0 radical (unpaired) electrons. The maximum absolute atomic E-state index is 12.7. The number of hydrogen-bond acceptors (Lipinski definition) is 4. The average Bonchev–Trinajstić information content (AvgIpc) is 2.60. The summed E-state index contributed by atoms with van der Waals surface area (Å²) in [6.07, 6.45) is 5.66. The minimum atomic E-state index is -1.08. The van der Waals surface area contributed by atoms with Crippen molar-refractivity contribution in [3.8, 4) is 0 Å². The van der Waals surface area contributed by atoms with Gasteiger partial charge in [-0.3, -0.25) is 9.78 Å². The molecular formula is C19H15NO4. The van der Waals surface area contributed by atoms with Crippen LogP contribution in [0.1, 0.15) is 34.3 Å². The molecule has 0 spiro atoms. The molecule has 1 aromatic carbocycles. The number of carboxylic acids is 1. The zero-order valence-electron chi connectivity index (χ0n) is 13.0. The van der Waals surface area contributed by atoms with Crippen molar-refractivity contribution in [2.75, 3.05) is 0 Å². The number of fused-ring (bicyclic) bond motifs is 1. The molecule has 2 aromatic heterocycles. The van der Waals surface area contributed by atoms with Crippen molar-refractivity contribution in [1.29, 1.82) is 0 Å². The molecule has 5 nitrogen and oxygen atoms in total. The summed E-state index contributed by atoms with van der Waals surface area (Å²) in [7, 11) is 0. The SMILES string of the molecule is CCc1c(C=Cc2ccccn2)oc2ccc(C(=O)O)cc2c1=O. The van der Waals surface area contributed by atoms with E-state index in [2.05, 4.69) is 4.98 Å². The smallest absolute Gasteiger partial charge is 0.335 e. The highest BCUT2D eigenvalue weighted by Gasteiger charge is 2.13. The third-order valence-corrected chi connectivity index (χ3v) is 3.71. The molecule has 5 heteroatoms. The van der Waals surface area contributed by atoms with E-state index in [1.807, 2.05) is 25.1 Å². The topological polar surface area (TPSA) is 80.4 Å². The van der Waals surface area contributed by atoms with Crippen molar-refractivity contribution < 1.29 is 14.3 Å². The highest BCUT2D eigenvalue weighted by molar-refractivity contribution is 5.93. The van der Waals surface area contributed by atoms with Crippen molar-refractivity contribution in [2.45, 2.75) is 13.3 Å². The Balaban J connectivity index is 2.15. The largest absolute Gasteiger partial charge is 0.478 e. The Morgan fingerprint density at radius 3 is 2.75 bits per heavy atom. The minimum absolute atomic E-state index is 0.0635. The lowest BCUT2D eigenvalue weighted by molar-refractivity contribution is 0.0697. The fourth-order valence-electron chi connectivity index (χ4n) is 2.49. The van der Waals surface area contributed by atoms with E-state index in [4.69, 9.17) is 9.52 Å². The lowest BCUT2D eigenvalue weighted by atomic mass is 10.1. The molecule has 0 aliphatic rings. The van der Waals surface area contributed by atoms with E-state index in [1.54, 1.807) is 18.3 Å². The Bertz CT molecular complexity index is 987. The van der Waals surface area contributed by atoms with Gasteiger partial charge in [-0.25, -0.2) is 4.79 Å². The van der Waals surface area contributed by atoms with Gasteiger partial charge in [0.05, 0.1) is 16.6 Å². The van der Waals surface area contributed by atoms with Gasteiger partial charge >= 0.3 is 5.97 Å². The van der Waals surface area contributed by atoms with Crippen molar-refractivity contribution in [1.82, 2.24) is 4.98 Å². The number of pyridine rings is 1. The first-order chi connectivity index (χ1) is 11.6. The monoisotopic (exact) mass is 321 g/mol. The van der Waals surface area contributed by atoms with Crippen LogP contribution in [0, 0.1) is 0 Å². The summed E-state index contributed by atoms with van der Waals surface area (Å²) in [6, 6.07) is 9.83. The zero-order chi connectivity index (χ0) is 17.1. The number of aromatic carboxylic acids is 1. The van der Waals surface area contributed by atoms with E-state index in [1.165, 1.54) is 18.2 Å². The Kier molecular flexibility index (Phi) is 4.24. The van der Waals surface area contributed by atoms with Gasteiger partial charge in [0, 0.05) is 11.8 Å². The molecule has 24 heavy (non-hydrogen) atoms. The highest BCUT2D eigenvalue weighted by atomic mass is 16.4. The predicted molar refractivity (Wildman–Crippen MR) is 92.0 cm³/mol. The van der Waals surface area contributed by atoms with Crippen molar-refractivity contribution >= 4 is 29.1 Å². The van der Waals surface area contributed by atoms with Crippen molar-refractivity contribution in [3.63, 3.8) is 0 Å². The third kappa shape index (κ3) is 2.96. The molecule has 3 aromatic rings. The van der Waals surface area contributed by atoms with Crippen LogP contribution in [0.4, 0.5) is 0 Å². The van der Waals surface area contributed by atoms with Crippen molar-refractivity contribution in [2.24, 2.45) is 0 Å². The summed E-state index contributed by atoms with van der Waals surface area (Å²) in [5, 5.41) is 9.36. The van der Waals surface area contributed by atoms with E-state index in [0.717, 1.165) is 5.69 Å². The summed E-state index contributed by atoms with van der Waals surface area (Å²) < 4.78 is 5.81. The quantitative estimate of drug-likeness (QED) is 0.794. The normalized spacial score (nSPS) is 11.2. The van der Waals surface area contributed by atoms with E-state index in [0.29, 0.717) is 23.3 Å². The molecule has 0 saturated carbocycles. The van der Waals surface area contributed by atoms with Crippen LogP contribution in [0.15, 0.2) is 51.8 Å². The van der Waals surface area contributed by atoms with Crippen LogP contribution in [0.25, 0.3) is 23.1 Å². The molecule has 1 N–H and O–H groups in total. The molecule has 2 heterocycles. The molecule has 0 saturated heterocycles. The maximum atomic E-state index is 12.7. The summed E-state index contributed by atoms with van der Waals surface area (Å²) in [5.41, 5.74) is 1.49. The first-order valence-corrected chi connectivity index (χ1v) is 7.52. The van der Waals surface area contributed by atoms with Crippen molar-refractivity contribution in [3.05, 3.63) is 75.4 Å². The second-order valence-electron chi connectivity index (χ2n) is 5.23. The number of rotatable bonds is 4. The van der Waals surface area contributed by atoms with Crippen LogP contribution in [-0.2, 0) is 6.42 Å². The molecule has 0 aliphatic heterocycles. The first kappa shape index (κ1) is 15.7. The highest BCUT2D eigenvalue weighted by Crippen LogP contribution is 2.20. The van der Waals surface area contributed by atoms with Gasteiger partial charge in [0.15, 0.2) is 5.43 Å². The van der Waals surface area contributed by atoms with E-state index in [9.17, 15) is 9.59 Å². The van der Waals surface area contributed by atoms with Gasteiger partial charge in [-0.05, 0) is 48.9 Å². The number of benzene rings is 1. The van der Waals surface area contributed by atoms with Gasteiger partial charge in [0.1, 0.15) is 11.3 Å². The summed E-state index contributed by atoms with van der Waals surface area (Å²) in [6.45, 7) is 1.86. The lowest BCUT2D eigenvalue weighted by Crippen LogP contribution is -2.11. The number of carbonyl (C=O) groups is 1. The fourth-order valence-corrected chi connectivity index (χ4v) is 2.49. The number of aromatic nitrogens is 1. The first-order valence-electron chi connectivity index (χ1n) is 7.52. The molecule has 3 rings (SSSR count). The molecule has 0 bridgehead atoms.